The van der Waals surface area contributed by atoms with Gasteiger partial charge in [-0.2, -0.15) is 0 Å². The maximum absolute atomic E-state index is 14.5. The molecular formula is C30H38N2O6. The number of esters is 1. The summed E-state index contributed by atoms with van der Waals surface area (Å²) < 4.78 is 12.5. The monoisotopic (exact) mass is 522 g/mol. The molecule has 0 aromatic heterocycles. The highest BCUT2D eigenvalue weighted by atomic mass is 16.6. The van der Waals surface area contributed by atoms with E-state index in [1.54, 1.807) is 9.80 Å². The number of likely N-dealkylation sites (tertiary alicyclic amines) is 1. The summed E-state index contributed by atoms with van der Waals surface area (Å²) >= 11 is 0. The Labute approximate surface area is 224 Å². The standard InChI is InChI=1S/C30H38N2O6/c1-20-12-10-13-21(2)24(20)31-17-11-15-30-22(26(34)32(16-7-8-18-33)25(30)27(31)35)23-28(36)37-19-9-5-4-6-14-29(23,3)38-30/h6,10-15,22-23,25,33H,4-5,7-9,16-19H2,1-3H3/b14-6-/t22-,23+,25?,29-,30-/m0/s1. The van der Waals surface area contributed by atoms with E-state index in [9.17, 15) is 19.5 Å². The Morgan fingerprint density at radius 1 is 1.00 bits per heavy atom. The zero-order chi connectivity index (χ0) is 27.1. The predicted octanol–water partition coefficient (Wildman–Crippen LogP) is 3.23. The topological polar surface area (TPSA) is 96.4 Å². The minimum atomic E-state index is -1.31. The molecule has 8 heteroatoms. The molecule has 4 heterocycles. The molecular weight excluding hydrogens is 484 g/mol. The Balaban J connectivity index is 1.64. The molecule has 1 aromatic carbocycles. The summed E-state index contributed by atoms with van der Waals surface area (Å²) in [6, 6.07) is 4.98. The van der Waals surface area contributed by atoms with Gasteiger partial charge in [-0.25, -0.2) is 0 Å². The van der Waals surface area contributed by atoms with Crippen LogP contribution in [0.2, 0.25) is 0 Å². The van der Waals surface area contributed by atoms with Crippen molar-refractivity contribution in [3.8, 4) is 0 Å². The van der Waals surface area contributed by atoms with Crippen molar-refractivity contribution in [1.82, 2.24) is 4.90 Å². The number of hydrogen-bond acceptors (Lipinski definition) is 6. The number of anilines is 1. The highest BCUT2D eigenvalue weighted by Crippen LogP contribution is 2.57. The maximum atomic E-state index is 14.5. The first-order valence-corrected chi connectivity index (χ1v) is 13.8. The lowest BCUT2D eigenvalue weighted by Crippen LogP contribution is -2.56. The summed E-state index contributed by atoms with van der Waals surface area (Å²) in [5, 5.41) is 9.39. The molecule has 0 saturated carbocycles. The second-order valence-corrected chi connectivity index (χ2v) is 11.1. The summed E-state index contributed by atoms with van der Waals surface area (Å²) in [6.07, 6.45) is 11.2. The number of nitrogens with zero attached hydrogens (tertiary/aromatic N) is 2. The van der Waals surface area contributed by atoms with Crippen molar-refractivity contribution in [2.24, 2.45) is 11.8 Å². The van der Waals surface area contributed by atoms with Crippen LogP contribution in [-0.2, 0) is 23.9 Å². The van der Waals surface area contributed by atoms with E-state index in [1.807, 2.05) is 63.3 Å². The predicted molar refractivity (Wildman–Crippen MR) is 142 cm³/mol. The van der Waals surface area contributed by atoms with Gasteiger partial charge in [0.2, 0.25) is 5.91 Å². The van der Waals surface area contributed by atoms with E-state index in [0.717, 1.165) is 36.1 Å². The van der Waals surface area contributed by atoms with Crippen molar-refractivity contribution < 1.29 is 29.0 Å². The van der Waals surface area contributed by atoms with Crippen LogP contribution in [0.15, 0.2) is 42.5 Å². The van der Waals surface area contributed by atoms with E-state index in [-0.39, 0.29) is 18.4 Å². The van der Waals surface area contributed by atoms with Gasteiger partial charge in [0.25, 0.3) is 5.91 Å². The lowest BCUT2D eigenvalue weighted by Gasteiger charge is -2.38. The fraction of sp³-hybridized carbons (Fsp3) is 0.567. The highest BCUT2D eigenvalue weighted by molar-refractivity contribution is 6.06. The summed E-state index contributed by atoms with van der Waals surface area (Å²) in [7, 11) is 0. The number of cyclic esters (lactones) is 1. The van der Waals surface area contributed by atoms with Crippen LogP contribution >= 0.6 is 0 Å². The molecule has 4 aliphatic rings. The number of ether oxygens (including phenoxy) is 2. The van der Waals surface area contributed by atoms with Gasteiger partial charge in [0.15, 0.2) is 0 Å². The van der Waals surface area contributed by atoms with E-state index in [2.05, 4.69) is 0 Å². The number of unbranched alkanes of at least 4 members (excludes halogenated alkanes) is 1. The fourth-order valence-electron chi connectivity index (χ4n) is 6.86. The Kier molecular flexibility index (Phi) is 7.22. The number of carbonyl (C=O) groups is 3. The van der Waals surface area contributed by atoms with E-state index in [0.29, 0.717) is 32.5 Å². The number of aryl methyl sites for hydroxylation is 2. The molecule has 1 aromatic rings. The van der Waals surface area contributed by atoms with Crippen LogP contribution in [0.25, 0.3) is 0 Å². The van der Waals surface area contributed by atoms with Gasteiger partial charge in [-0.3, -0.25) is 14.4 Å². The van der Waals surface area contributed by atoms with E-state index < -0.39 is 35.0 Å². The minimum absolute atomic E-state index is 0.00202. The van der Waals surface area contributed by atoms with E-state index in [1.165, 1.54) is 0 Å². The van der Waals surface area contributed by atoms with Crippen molar-refractivity contribution in [2.45, 2.75) is 70.1 Å². The number of amides is 2. The first-order chi connectivity index (χ1) is 18.2. The van der Waals surface area contributed by atoms with Crippen molar-refractivity contribution in [2.75, 3.05) is 31.2 Å². The molecule has 8 nitrogen and oxygen atoms in total. The lowest BCUT2D eigenvalue weighted by atomic mass is 9.74. The second kappa shape index (κ2) is 10.3. The van der Waals surface area contributed by atoms with Crippen molar-refractivity contribution >= 4 is 23.5 Å². The number of fused-ring (bicyclic) bond motifs is 2. The number of hydrogen-bond donors (Lipinski definition) is 1. The number of aliphatic hydroxyl groups excluding tert-OH is 1. The molecule has 1 spiro atoms. The normalized spacial score (nSPS) is 33.9. The average Bonchev–Trinajstić information content (AvgIpc) is 3.20. The molecule has 0 bridgehead atoms. The van der Waals surface area contributed by atoms with Crippen molar-refractivity contribution in [3.63, 3.8) is 0 Å². The molecule has 0 aliphatic carbocycles. The van der Waals surface area contributed by atoms with Crippen LogP contribution in [0.4, 0.5) is 5.69 Å². The third-order valence-electron chi connectivity index (χ3n) is 8.52. The Morgan fingerprint density at radius 2 is 1.76 bits per heavy atom. The van der Waals surface area contributed by atoms with Crippen LogP contribution in [0.3, 0.4) is 0 Å². The third kappa shape index (κ3) is 4.18. The van der Waals surface area contributed by atoms with Gasteiger partial charge < -0.3 is 24.4 Å². The first-order valence-electron chi connectivity index (χ1n) is 13.8. The number of para-hydroxylation sites is 1. The molecule has 2 amide bonds. The van der Waals surface area contributed by atoms with Gasteiger partial charge in [0, 0.05) is 25.4 Å². The number of aliphatic hydroxyl groups is 1. The zero-order valence-corrected chi connectivity index (χ0v) is 22.5. The number of rotatable bonds is 5. The molecule has 204 valence electrons. The Morgan fingerprint density at radius 3 is 2.50 bits per heavy atom. The van der Waals surface area contributed by atoms with Crippen LogP contribution < -0.4 is 4.90 Å². The van der Waals surface area contributed by atoms with E-state index >= 15 is 0 Å². The third-order valence-corrected chi connectivity index (χ3v) is 8.52. The Hall–Kier alpha value is -2.97. The highest BCUT2D eigenvalue weighted by Gasteiger charge is 2.74. The first kappa shape index (κ1) is 26.6. The smallest absolute Gasteiger partial charge is 0.313 e. The summed E-state index contributed by atoms with van der Waals surface area (Å²) in [6.45, 7) is 6.70. The molecule has 0 radical (unpaired) electrons. The quantitative estimate of drug-likeness (QED) is 0.362. The van der Waals surface area contributed by atoms with Gasteiger partial charge in [-0.1, -0.05) is 42.5 Å². The van der Waals surface area contributed by atoms with Gasteiger partial charge in [0.1, 0.15) is 17.6 Å². The largest absolute Gasteiger partial charge is 0.465 e. The summed E-state index contributed by atoms with van der Waals surface area (Å²) in [5.74, 6) is -2.72. The van der Waals surface area contributed by atoms with E-state index in [4.69, 9.17) is 9.47 Å². The molecule has 5 rings (SSSR count). The molecule has 5 atom stereocenters. The summed E-state index contributed by atoms with van der Waals surface area (Å²) in [5.41, 5.74) is 0.358. The molecule has 2 saturated heterocycles. The van der Waals surface area contributed by atoms with Crippen LogP contribution in [0.1, 0.15) is 50.2 Å². The molecule has 1 N–H and O–H groups in total. The molecule has 38 heavy (non-hydrogen) atoms. The van der Waals surface area contributed by atoms with Crippen LogP contribution in [-0.4, -0.2) is 71.3 Å². The SMILES string of the molecule is Cc1cccc(C)c1N1CC=C[C@]23O[C@@]4(C)/C=C\CCCCOC(=O)[C@H]4[C@H]2C(=O)N(CCCCO)C3C1=O. The summed E-state index contributed by atoms with van der Waals surface area (Å²) in [4.78, 5) is 45.6. The number of benzene rings is 1. The maximum Gasteiger partial charge on any atom is 0.313 e. The zero-order valence-electron chi connectivity index (χ0n) is 22.5. The van der Waals surface area contributed by atoms with Gasteiger partial charge >= 0.3 is 5.97 Å². The fourth-order valence-corrected chi connectivity index (χ4v) is 6.86. The van der Waals surface area contributed by atoms with Crippen molar-refractivity contribution in [3.05, 3.63) is 53.6 Å². The van der Waals surface area contributed by atoms with Crippen molar-refractivity contribution in [1.29, 1.82) is 0 Å². The van der Waals surface area contributed by atoms with Gasteiger partial charge in [0.05, 0.1) is 18.1 Å². The number of carbonyl (C=O) groups excluding carboxylic acids is 3. The van der Waals surface area contributed by atoms with Crippen LogP contribution in [0.5, 0.6) is 0 Å². The molecule has 2 fully saturated rings. The average molecular weight is 523 g/mol. The Bertz CT molecular complexity index is 1160. The van der Waals surface area contributed by atoms with Gasteiger partial charge in [-0.15, -0.1) is 0 Å². The molecule has 1 unspecified atom stereocenters. The number of allylic oxidation sites excluding steroid dienone is 1. The lowest BCUT2D eigenvalue weighted by molar-refractivity contribution is -0.158. The second-order valence-electron chi connectivity index (χ2n) is 11.1. The minimum Gasteiger partial charge on any atom is -0.465 e. The van der Waals surface area contributed by atoms with Crippen LogP contribution in [0, 0.1) is 25.7 Å². The molecule has 4 aliphatic heterocycles. The van der Waals surface area contributed by atoms with Gasteiger partial charge in [-0.05, 0) is 64.0 Å².